The van der Waals surface area contributed by atoms with Crippen LogP contribution < -0.4 is 5.32 Å². The van der Waals surface area contributed by atoms with Gasteiger partial charge in [-0.05, 0) is 31.0 Å². The Hall–Kier alpha value is -1.45. The molecule has 1 atom stereocenters. The lowest BCUT2D eigenvalue weighted by molar-refractivity contribution is 0.0904. The predicted molar refractivity (Wildman–Crippen MR) is 72.4 cm³/mol. The van der Waals surface area contributed by atoms with Crippen LogP contribution in [-0.4, -0.2) is 24.7 Å². The van der Waals surface area contributed by atoms with Gasteiger partial charge in [0.05, 0.1) is 24.4 Å². The number of nitrogens with one attached hydrogen (secondary N) is 1. The number of aromatic nitrogens is 1. The fraction of sp³-hybridized carbons (Fsp3) is 0.400. The molecule has 1 N–H and O–H groups in total. The number of para-hydroxylation sites is 1. The van der Waals surface area contributed by atoms with E-state index >= 15 is 0 Å². The molecule has 1 aliphatic rings. The molecular weight excluding hydrogens is 224 g/mol. The summed E-state index contributed by atoms with van der Waals surface area (Å²) in [7, 11) is 0. The van der Waals surface area contributed by atoms with E-state index in [2.05, 4.69) is 28.5 Å². The average Bonchev–Trinajstić information content (AvgIpc) is 2.92. The van der Waals surface area contributed by atoms with Gasteiger partial charge in [0.1, 0.15) is 0 Å². The molecule has 3 heteroatoms. The zero-order valence-electron chi connectivity index (χ0n) is 10.4. The molecule has 0 radical (unpaired) electrons. The average molecular weight is 242 g/mol. The van der Waals surface area contributed by atoms with Crippen molar-refractivity contribution >= 4 is 10.9 Å². The van der Waals surface area contributed by atoms with Gasteiger partial charge in [0.15, 0.2) is 0 Å². The van der Waals surface area contributed by atoms with E-state index < -0.39 is 0 Å². The Morgan fingerprint density at radius 1 is 1.22 bits per heavy atom. The van der Waals surface area contributed by atoms with Crippen molar-refractivity contribution in [1.29, 1.82) is 0 Å². The quantitative estimate of drug-likeness (QED) is 0.893. The first kappa shape index (κ1) is 11.6. The van der Waals surface area contributed by atoms with Crippen molar-refractivity contribution in [2.24, 2.45) is 5.92 Å². The summed E-state index contributed by atoms with van der Waals surface area (Å²) < 4.78 is 5.75. The zero-order chi connectivity index (χ0) is 12.2. The van der Waals surface area contributed by atoms with Crippen molar-refractivity contribution in [3.63, 3.8) is 0 Å². The molecule has 2 aromatic rings. The van der Waals surface area contributed by atoms with Crippen molar-refractivity contribution < 1.29 is 4.74 Å². The van der Waals surface area contributed by atoms with Crippen molar-refractivity contribution in [2.75, 3.05) is 19.7 Å². The third-order valence-electron chi connectivity index (χ3n) is 3.42. The van der Waals surface area contributed by atoms with Crippen LogP contribution in [0.1, 0.15) is 12.1 Å². The van der Waals surface area contributed by atoms with Crippen LogP contribution >= 0.6 is 0 Å². The monoisotopic (exact) mass is 242 g/mol. The van der Waals surface area contributed by atoms with E-state index in [4.69, 9.17) is 4.74 Å². The topological polar surface area (TPSA) is 34.1 Å². The summed E-state index contributed by atoms with van der Waals surface area (Å²) in [6, 6.07) is 12.3. The number of nitrogens with zero attached hydrogens (tertiary/aromatic N) is 1. The lowest BCUT2D eigenvalue weighted by atomic mass is 10.1. The van der Waals surface area contributed by atoms with Crippen LogP contribution in [0.5, 0.6) is 0 Å². The first-order chi connectivity index (χ1) is 8.92. The van der Waals surface area contributed by atoms with Gasteiger partial charge in [0.25, 0.3) is 0 Å². The third-order valence-corrected chi connectivity index (χ3v) is 3.42. The highest BCUT2D eigenvalue weighted by molar-refractivity contribution is 5.78. The van der Waals surface area contributed by atoms with Crippen LogP contribution in [0.25, 0.3) is 10.9 Å². The minimum atomic E-state index is 0.612. The van der Waals surface area contributed by atoms with E-state index in [1.807, 2.05) is 18.2 Å². The highest BCUT2D eigenvalue weighted by Gasteiger charge is 2.14. The van der Waals surface area contributed by atoms with Gasteiger partial charge in [-0.3, -0.25) is 4.98 Å². The van der Waals surface area contributed by atoms with Crippen LogP contribution in [0, 0.1) is 5.92 Å². The van der Waals surface area contributed by atoms with Gasteiger partial charge >= 0.3 is 0 Å². The molecule has 0 bridgehead atoms. The maximum Gasteiger partial charge on any atom is 0.0888 e. The van der Waals surface area contributed by atoms with E-state index in [9.17, 15) is 0 Å². The number of ether oxygens (including phenoxy) is 1. The largest absolute Gasteiger partial charge is 0.375 e. The number of pyridine rings is 1. The van der Waals surface area contributed by atoms with Crippen molar-refractivity contribution in [3.8, 4) is 0 Å². The number of hydrogen-bond donors (Lipinski definition) is 1. The summed E-state index contributed by atoms with van der Waals surface area (Å²) in [4.78, 5) is 4.60. The van der Waals surface area contributed by atoms with Crippen molar-refractivity contribution in [1.82, 2.24) is 10.3 Å². The molecule has 94 valence electrons. The van der Waals surface area contributed by atoms with Crippen LogP contribution in [0.15, 0.2) is 36.4 Å². The van der Waals surface area contributed by atoms with Crippen molar-refractivity contribution in [2.45, 2.75) is 13.0 Å². The summed E-state index contributed by atoms with van der Waals surface area (Å²) in [5.74, 6) is 0.672. The van der Waals surface area contributed by atoms with E-state index in [1.165, 1.54) is 11.8 Å². The van der Waals surface area contributed by atoms with Gasteiger partial charge < -0.3 is 10.1 Å². The lowest BCUT2D eigenvalue weighted by Crippen LogP contribution is -2.13. The normalized spacial score (nSPS) is 19.4. The van der Waals surface area contributed by atoms with Gasteiger partial charge in [0.2, 0.25) is 0 Å². The van der Waals surface area contributed by atoms with E-state index in [0.717, 1.165) is 30.9 Å². The fourth-order valence-corrected chi connectivity index (χ4v) is 2.38. The van der Waals surface area contributed by atoms with Crippen LogP contribution in [-0.2, 0) is 11.3 Å². The summed E-state index contributed by atoms with van der Waals surface area (Å²) in [5.41, 5.74) is 2.06. The Kier molecular flexibility index (Phi) is 3.53. The predicted octanol–water partition coefficient (Wildman–Crippen LogP) is 2.36. The van der Waals surface area contributed by atoms with E-state index in [1.54, 1.807) is 0 Å². The summed E-state index contributed by atoms with van der Waals surface area (Å²) in [6.07, 6.45) is 1.23. The molecule has 3 nitrogen and oxygen atoms in total. The Morgan fingerprint density at radius 2 is 2.17 bits per heavy atom. The van der Waals surface area contributed by atoms with Gasteiger partial charge in [0, 0.05) is 11.9 Å². The molecule has 1 unspecified atom stereocenters. The molecule has 1 fully saturated rings. The molecule has 1 aromatic heterocycles. The maximum absolute atomic E-state index is 5.75. The summed E-state index contributed by atoms with van der Waals surface area (Å²) >= 11 is 0. The van der Waals surface area contributed by atoms with Crippen LogP contribution in [0.4, 0.5) is 0 Å². The molecule has 1 aromatic carbocycles. The molecule has 0 aliphatic carbocycles. The van der Waals surface area contributed by atoms with Crippen molar-refractivity contribution in [3.05, 3.63) is 42.1 Å². The Bertz CT molecular complexity index is 521. The Morgan fingerprint density at radius 3 is 3.06 bits per heavy atom. The SMILES string of the molecule is c1ccc2nc(COCC3CCNC3)ccc2c1. The minimum Gasteiger partial charge on any atom is -0.375 e. The first-order valence-electron chi connectivity index (χ1n) is 6.55. The van der Waals surface area contributed by atoms with Gasteiger partial charge in [-0.15, -0.1) is 0 Å². The summed E-state index contributed by atoms with van der Waals surface area (Å²) in [6.45, 7) is 3.66. The second kappa shape index (κ2) is 5.46. The lowest BCUT2D eigenvalue weighted by Gasteiger charge is -2.09. The molecule has 18 heavy (non-hydrogen) atoms. The molecule has 0 spiro atoms. The standard InChI is InChI=1S/C15H18N2O/c1-2-4-15-13(3-1)5-6-14(17-15)11-18-10-12-7-8-16-9-12/h1-6,12,16H,7-11H2. The first-order valence-corrected chi connectivity index (χ1v) is 6.55. The third kappa shape index (κ3) is 2.68. The molecule has 1 aliphatic heterocycles. The molecular formula is C15H18N2O. The number of benzene rings is 1. The van der Waals surface area contributed by atoms with Crippen LogP contribution in [0.3, 0.4) is 0 Å². The molecule has 0 saturated carbocycles. The second-order valence-corrected chi connectivity index (χ2v) is 4.87. The minimum absolute atomic E-state index is 0.612. The zero-order valence-corrected chi connectivity index (χ0v) is 10.4. The molecule has 1 saturated heterocycles. The Labute approximate surface area is 107 Å². The highest BCUT2D eigenvalue weighted by atomic mass is 16.5. The van der Waals surface area contributed by atoms with Gasteiger partial charge in [-0.2, -0.15) is 0 Å². The molecule has 2 heterocycles. The van der Waals surface area contributed by atoms with Gasteiger partial charge in [-0.25, -0.2) is 0 Å². The number of fused-ring (bicyclic) bond motifs is 1. The number of rotatable bonds is 4. The van der Waals surface area contributed by atoms with Crippen LogP contribution in [0.2, 0.25) is 0 Å². The summed E-state index contributed by atoms with van der Waals surface area (Å²) in [5, 5.41) is 4.53. The van der Waals surface area contributed by atoms with E-state index in [-0.39, 0.29) is 0 Å². The molecule has 3 rings (SSSR count). The van der Waals surface area contributed by atoms with E-state index in [0.29, 0.717) is 12.5 Å². The van der Waals surface area contributed by atoms with Gasteiger partial charge in [-0.1, -0.05) is 24.3 Å². The number of hydrogen-bond acceptors (Lipinski definition) is 3. The smallest absolute Gasteiger partial charge is 0.0888 e. The maximum atomic E-state index is 5.75. The second-order valence-electron chi connectivity index (χ2n) is 4.87. The highest BCUT2D eigenvalue weighted by Crippen LogP contribution is 2.13. The Balaban J connectivity index is 1.60. The molecule has 0 amide bonds. The fourth-order valence-electron chi connectivity index (χ4n) is 2.38.